The number of aromatic nitrogens is 3. The zero-order valence-electron chi connectivity index (χ0n) is 9.57. The Bertz CT molecular complexity index is 566. The van der Waals surface area contributed by atoms with Crippen molar-refractivity contribution in [3.05, 3.63) is 40.9 Å². The Labute approximate surface area is 116 Å². The molecule has 0 spiro atoms. The third-order valence-electron chi connectivity index (χ3n) is 2.06. The maximum atomic E-state index is 12.4. The van der Waals surface area contributed by atoms with Crippen molar-refractivity contribution in [2.24, 2.45) is 0 Å². The predicted octanol–water partition coefficient (Wildman–Crippen LogP) is 4.00. The van der Waals surface area contributed by atoms with Crippen LogP contribution in [0.1, 0.15) is 11.4 Å². The molecule has 0 fully saturated rings. The summed E-state index contributed by atoms with van der Waals surface area (Å²) >= 11 is 6.89. The molecule has 2 heterocycles. The fraction of sp³-hybridized carbons (Fsp3) is 0.182. The molecule has 2 aromatic rings. The van der Waals surface area contributed by atoms with Crippen LogP contribution >= 0.6 is 23.4 Å². The third-order valence-corrected chi connectivity index (χ3v) is 3.12. The second-order valence-electron chi connectivity index (χ2n) is 3.56. The van der Waals surface area contributed by atoms with Crippen molar-refractivity contribution in [3.63, 3.8) is 0 Å². The number of pyridine rings is 1. The topological polar surface area (TPSA) is 38.7 Å². The summed E-state index contributed by atoms with van der Waals surface area (Å²) in [5.41, 5.74) is -0.784. The number of alkyl halides is 3. The van der Waals surface area contributed by atoms with Crippen LogP contribution in [0.4, 0.5) is 13.2 Å². The Morgan fingerprint density at radius 3 is 2.42 bits per heavy atom. The van der Waals surface area contributed by atoms with Crippen molar-refractivity contribution in [2.75, 3.05) is 0 Å². The average Bonchev–Trinajstić information content (AvgIpc) is 2.26. The van der Waals surface area contributed by atoms with Gasteiger partial charge in [0.15, 0.2) is 0 Å². The molecule has 0 bridgehead atoms. The van der Waals surface area contributed by atoms with Gasteiger partial charge in [0, 0.05) is 12.3 Å². The Morgan fingerprint density at radius 2 is 1.89 bits per heavy atom. The van der Waals surface area contributed by atoms with Crippen molar-refractivity contribution >= 4 is 23.4 Å². The summed E-state index contributed by atoms with van der Waals surface area (Å²) in [5.74, 6) is 0.488. The predicted molar refractivity (Wildman–Crippen MR) is 65.1 cm³/mol. The standard InChI is InChI=1S/C11H7ClF3N3S/c1-6-17-8(12)4-10(18-6)19-9-3-2-7(5-16-9)11(13,14)15/h2-5H,1H3. The first-order valence-corrected chi connectivity index (χ1v) is 6.26. The first kappa shape index (κ1) is 14.1. The molecule has 0 saturated heterocycles. The molecule has 0 amide bonds. The zero-order valence-corrected chi connectivity index (χ0v) is 11.1. The van der Waals surface area contributed by atoms with Crippen LogP contribution in [-0.2, 0) is 6.18 Å². The lowest BCUT2D eigenvalue weighted by Crippen LogP contribution is -2.05. The Morgan fingerprint density at radius 1 is 1.16 bits per heavy atom. The van der Waals surface area contributed by atoms with E-state index in [2.05, 4.69) is 15.0 Å². The van der Waals surface area contributed by atoms with E-state index in [0.29, 0.717) is 15.9 Å². The molecule has 8 heteroatoms. The van der Waals surface area contributed by atoms with Crippen molar-refractivity contribution in [1.29, 1.82) is 0 Å². The van der Waals surface area contributed by atoms with E-state index in [-0.39, 0.29) is 5.15 Å². The highest BCUT2D eigenvalue weighted by Gasteiger charge is 2.30. The lowest BCUT2D eigenvalue weighted by atomic mass is 10.3. The van der Waals surface area contributed by atoms with Crippen LogP contribution < -0.4 is 0 Å². The molecule has 2 rings (SSSR count). The zero-order chi connectivity index (χ0) is 14.0. The summed E-state index contributed by atoms with van der Waals surface area (Å²) < 4.78 is 37.1. The van der Waals surface area contributed by atoms with Gasteiger partial charge in [-0.15, -0.1) is 0 Å². The Hall–Kier alpha value is -1.34. The van der Waals surface area contributed by atoms with Crippen LogP contribution in [0.2, 0.25) is 5.15 Å². The molecule has 19 heavy (non-hydrogen) atoms. The molecule has 0 saturated carbocycles. The first-order chi connectivity index (χ1) is 8.84. The van der Waals surface area contributed by atoms with E-state index in [4.69, 9.17) is 11.6 Å². The van der Waals surface area contributed by atoms with E-state index in [0.717, 1.165) is 24.0 Å². The van der Waals surface area contributed by atoms with Gasteiger partial charge >= 0.3 is 6.18 Å². The summed E-state index contributed by atoms with van der Waals surface area (Å²) in [5, 5.41) is 1.22. The van der Waals surface area contributed by atoms with E-state index >= 15 is 0 Å². The minimum atomic E-state index is -4.38. The first-order valence-electron chi connectivity index (χ1n) is 5.07. The van der Waals surface area contributed by atoms with Crippen molar-refractivity contribution in [2.45, 2.75) is 23.2 Å². The number of nitrogens with zero attached hydrogens (tertiary/aromatic N) is 3. The second kappa shape index (κ2) is 5.34. The molecule has 100 valence electrons. The fourth-order valence-electron chi connectivity index (χ4n) is 1.27. The molecule has 0 aliphatic heterocycles. The van der Waals surface area contributed by atoms with Gasteiger partial charge in [0.25, 0.3) is 0 Å². The van der Waals surface area contributed by atoms with E-state index in [1.165, 1.54) is 12.1 Å². The van der Waals surface area contributed by atoms with Crippen molar-refractivity contribution in [3.8, 4) is 0 Å². The quantitative estimate of drug-likeness (QED) is 0.786. The molecule has 0 aromatic carbocycles. The van der Waals surface area contributed by atoms with Gasteiger partial charge in [0.2, 0.25) is 0 Å². The van der Waals surface area contributed by atoms with E-state index in [9.17, 15) is 13.2 Å². The van der Waals surface area contributed by atoms with Gasteiger partial charge in [-0.25, -0.2) is 15.0 Å². The van der Waals surface area contributed by atoms with Gasteiger partial charge in [-0.05, 0) is 30.8 Å². The summed E-state index contributed by atoms with van der Waals surface area (Å²) in [4.78, 5) is 11.7. The fourth-order valence-corrected chi connectivity index (χ4v) is 2.37. The van der Waals surface area contributed by atoms with Gasteiger partial charge in [-0.1, -0.05) is 11.6 Å². The number of hydrogen-bond donors (Lipinski definition) is 0. The molecule has 2 aromatic heterocycles. The largest absolute Gasteiger partial charge is 0.417 e. The number of hydrogen-bond acceptors (Lipinski definition) is 4. The van der Waals surface area contributed by atoms with Crippen LogP contribution in [0.3, 0.4) is 0 Å². The van der Waals surface area contributed by atoms with E-state index in [1.807, 2.05) is 0 Å². The van der Waals surface area contributed by atoms with Gasteiger partial charge in [0.1, 0.15) is 21.0 Å². The monoisotopic (exact) mass is 305 g/mol. The highest BCUT2D eigenvalue weighted by atomic mass is 35.5. The van der Waals surface area contributed by atoms with Crippen molar-refractivity contribution < 1.29 is 13.2 Å². The van der Waals surface area contributed by atoms with Gasteiger partial charge < -0.3 is 0 Å². The molecular formula is C11H7ClF3N3S. The van der Waals surface area contributed by atoms with Crippen molar-refractivity contribution in [1.82, 2.24) is 15.0 Å². The summed E-state index contributed by atoms with van der Waals surface area (Å²) in [6, 6.07) is 3.79. The SMILES string of the molecule is Cc1nc(Cl)cc(Sc2ccc(C(F)(F)F)cn2)n1. The number of aryl methyl sites for hydroxylation is 1. The summed E-state index contributed by atoms with van der Waals surface area (Å²) in [6.07, 6.45) is -3.59. The Kier molecular flexibility index (Phi) is 3.96. The normalized spacial score (nSPS) is 11.6. The minimum Gasteiger partial charge on any atom is -0.249 e. The average molecular weight is 306 g/mol. The van der Waals surface area contributed by atoms with E-state index in [1.54, 1.807) is 6.92 Å². The van der Waals surface area contributed by atoms with Crippen LogP contribution in [0.5, 0.6) is 0 Å². The highest BCUT2D eigenvalue weighted by molar-refractivity contribution is 7.99. The third kappa shape index (κ3) is 3.81. The molecule has 3 nitrogen and oxygen atoms in total. The Balaban J connectivity index is 2.20. The van der Waals surface area contributed by atoms with Gasteiger partial charge in [0.05, 0.1) is 5.56 Å². The lowest BCUT2D eigenvalue weighted by molar-refractivity contribution is -0.137. The smallest absolute Gasteiger partial charge is 0.249 e. The van der Waals surface area contributed by atoms with Crippen LogP contribution in [0, 0.1) is 6.92 Å². The molecule has 0 aliphatic carbocycles. The molecule has 0 aliphatic rings. The van der Waals surface area contributed by atoms with Gasteiger partial charge in [-0.2, -0.15) is 13.2 Å². The summed E-state index contributed by atoms with van der Waals surface area (Å²) in [6.45, 7) is 1.68. The molecule has 0 N–H and O–H groups in total. The molecular weight excluding hydrogens is 299 g/mol. The van der Waals surface area contributed by atoms with E-state index < -0.39 is 11.7 Å². The van der Waals surface area contributed by atoms with Gasteiger partial charge in [-0.3, -0.25) is 0 Å². The highest BCUT2D eigenvalue weighted by Crippen LogP contribution is 2.31. The second-order valence-corrected chi connectivity index (χ2v) is 4.99. The number of halogens is 4. The molecule has 0 radical (unpaired) electrons. The summed E-state index contributed by atoms with van der Waals surface area (Å²) in [7, 11) is 0. The van der Waals surface area contributed by atoms with Crippen LogP contribution in [0.25, 0.3) is 0 Å². The maximum absolute atomic E-state index is 12.4. The lowest BCUT2D eigenvalue weighted by Gasteiger charge is -2.06. The van der Waals surface area contributed by atoms with Crippen LogP contribution in [-0.4, -0.2) is 15.0 Å². The minimum absolute atomic E-state index is 0.280. The molecule has 0 atom stereocenters. The number of rotatable bonds is 2. The molecule has 0 unspecified atom stereocenters. The maximum Gasteiger partial charge on any atom is 0.417 e. The van der Waals surface area contributed by atoms with Crippen LogP contribution in [0.15, 0.2) is 34.4 Å².